The average molecular weight is 283 g/mol. The molecule has 0 bridgehead atoms. The van der Waals surface area contributed by atoms with Crippen LogP contribution in [0.4, 0.5) is 5.69 Å². The molecule has 0 atom stereocenters. The molecule has 1 amide bonds. The highest BCUT2D eigenvalue weighted by atomic mass is 16.1. The van der Waals surface area contributed by atoms with Crippen molar-refractivity contribution in [1.82, 2.24) is 19.9 Å². The Kier molecular flexibility index (Phi) is 3.59. The second kappa shape index (κ2) is 5.70. The van der Waals surface area contributed by atoms with Crippen LogP contribution < -0.4 is 11.1 Å². The van der Waals surface area contributed by atoms with E-state index in [1.165, 1.54) is 0 Å². The number of fused-ring (bicyclic) bond motifs is 1. The number of amides is 1. The van der Waals surface area contributed by atoms with Crippen LogP contribution >= 0.6 is 0 Å². The number of hydrogen-bond donors (Lipinski definition) is 3. The van der Waals surface area contributed by atoms with Gasteiger partial charge in [-0.2, -0.15) is 0 Å². The number of aryl methyl sites for hydroxylation is 1. The van der Waals surface area contributed by atoms with Crippen LogP contribution in [0.5, 0.6) is 0 Å². The zero-order chi connectivity index (χ0) is 14.7. The zero-order valence-corrected chi connectivity index (χ0v) is 11.5. The van der Waals surface area contributed by atoms with Gasteiger partial charge in [0.05, 0.1) is 11.9 Å². The minimum absolute atomic E-state index is 0.0857. The minimum Gasteiger partial charge on any atom is -0.399 e. The molecular formula is C15H17N5O. The topological polar surface area (TPSA) is 88.7 Å². The molecule has 0 radical (unpaired) electrons. The van der Waals surface area contributed by atoms with Crippen molar-refractivity contribution >= 4 is 22.5 Å². The molecule has 4 N–H and O–H groups in total. The Morgan fingerprint density at radius 2 is 2.33 bits per heavy atom. The van der Waals surface area contributed by atoms with Crippen LogP contribution in [0, 0.1) is 0 Å². The van der Waals surface area contributed by atoms with Gasteiger partial charge in [-0.25, -0.2) is 4.98 Å². The number of nitrogens with one attached hydrogen (secondary N) is 2. The smallest absolute Gasteiger partial charge is 0.253 e. The third-order valence-corrected chi connectivity index (χ3v) is 3.39. The molecule has 21 heavy (non-hydrogen) atoms. The summed E-state index contributed by atoms with van der Waals surface area (Å²) >= 11 is 0. The summed E-state index contributed by atoms with van der Waals surface area (Å²) < 4.78 is 1.98. The molecule has 6 heteroatoms. The summed E-state index contributed by atoms with van der Waals surface area (Å²) in [5.74, 6) is -0.0857. The van der Waals surface area contributed by atoms with Gasteiger partial charge in [-0.15, -0.1) is 0 Å². The van der Waals surface area contributed by atoms with Crippen LogP contribution in [-0.4, -0.2) is 27.0 Å². The Morgan fingerprint density at radius 3 is 3.14 bits per heavy atom. The number of anilines is 1. The van der Waals surface area contributed by atoms with Crippen LogP contribution in [-0.2, 0) is 6.54 Å². The van der Waals surface area contributed by atoms with Gasteiger partial charge in [-0.05, 0) is 24.6 Å². The number of carbonyl (C=O) groups excluding carboxylic acids is 1. The van der Waals surface area contributed by atoms with E-state index in [1.807, 2.05) is 29.0 Å². The average Bonchev–Trinajstić information content (AvgIpc) is 3.12. The van der Waals surface area contributed by atoms with E-state index in [4.69, 9.17) is 5.73 Å². The molecule has 6 nitrogen and oxygen atoms in total. The Hall–Kier alpha value is -2.76. The summed E-state index contributed by atoms with van der Waals surface area (Å²) in [6.45, 7) is 1.45. The van der Waals surface area contributed by atoms with Crippen LogP contribution in [0.3, 0.4) is 0 Å². The van der Waals surface area contributed by atoms with Crippen LogP contribution in [0.25, 0.3) is 10.9 Å². The van der Waals surface area contributed by atoms with E-state index in [0.29, 0.717) is 17.8 Å². The number of nitrogen functional groups attached to an aromatic ring is 1. The Bertz CT molecular complexity index is 745. The number of hydrogen-bond acceptors (Lipinski definition) is 3. The SMILES string of the molecule is Nc1ccc2[nH]cc(C(=O)NCCCn3ccnc3)c2c1. The first-order chi connectivity index (χ1) is 10.2. The number of rotatable bonds is 5. The first-order valence-electron chi connectivity index (χ1n) is 6.84. The van der Waals surface area contributed by atoms with E-state index in [9.17, 15) is 4.79 Å². The van der Waals surface area contributed by atoms with Crippen LogP contribution in [0.2, 0.25) is 0 Å². The van der Waals surface area contributed by atoms with Crippen molar-refractivity contribution in [3.05, 3.63) is 48.7 Å². The number of nitrogens with two attached hydrogens (primary N) is 1. The maximum absolute atomic E-state index is 12.2. The van der Waals surface area contributed by atoms with Gasteiger partial charge in [0.15, 0.2) is 0 Å². The van der Waals surface area contributed by atoms with Crippen molar-refractivity contribution in [3.8, 4) is 0 Å². The van der Waals surface area contributed by atoms with Crippen molar-refractivity contribution in [2.75, 3.05) is 12.3 Å². The normalized spacial score (nSPS) is 10.9. The van der Waals surface area contributed by atoms with Gasteiger partial charge in [-0.1, -0.05) is 0 Å². The highest BCUT2D eigenvalue weighted by Gasteiger charge is 2.11. The molecule has 0 saturated heterocycles. The molecule has 0 aliphatic heterocycles. The predicted molar refractivity (Wildman–Crippen MR) is 81.9 cm³/mol. The lowest BCUT2D eigenvalue weighted by molar-refractivity contribution is 0.0954. The number of imidazole rings is 1. The van der Waals surface area contributed by atoms with Crippen molar-refractivity contribution in [2.45, 2.75) is 13.0 Å². The molecule has 0 saturated carbocycles. The summed E-state index contributed by atoms with van der Waals surface area (Å²) in [4.78, 5) is 19.3. The summed E-state index contributed by atoms with van der Waals surface area (Å²) in [7, 11) is 0. The highest BCUT2D eigenvalue weighted by Crippen LogP contribution is 2.20. The molecule has 2 aromatic heterocycles. The van der Waals surface area contributed by atoms with Crippen LogP contribution in [0.1, 0.15) is 16.8 Å². The molecule has 108 valence electrons. The third kappa shape index (κ3) is 2.89. The maximum Gasteiger partial charge on any atom is 0.253 e. The molecule has 0 fully saturated rings. The molecule has 0 unspecified atom stereocenters. The third-order valence-electron chi connectivity index (χ3n) is 3.39. The molecule has 1 aromatic carbocycles. The molecule has 3 aromatic rings. The molecule has 0 aliphatic rings. The van der Waals surface area contributed by atoms with Crippen molar-refractivity contribution in [2.24, 2.45) is 0 Å². The van der Waals surface area contributed by atoms with E-state index in [0.717, 1.165) is 23.9 Å². The van der Waals surface area contributed by atoms with E-state index in [1.54, 1.807) is 18.7 Å². The van der Waals surface area contributed by atoms with Gasteiger partial charge in [0.1, 0.15) is 0 Å². The van der Waals surface area contributed by atoms with Gasteiger partial charge < -0.3 is 20.6 Å². The molecule has 0 aliphatic carbocycles. The fourth-order valence-corrected chi connectivity index (χ4v) is 2.30. The van der Waals surface area contributed by atoms with Gasteiger partial charge >= 0.3 is 0 Å². The molecular weight excluding hydrogens is 266 g/mol. The standard InChI is InChI=1S/C15H17N5O/c16-11-2-3-14-12(8-11)13(9-19-14)15(21)18-4-1-6-20-7-5-17-10-20/h2-3,5,7-10,19H,1,4,6,16H2,(H,18,21). The lowest BCUT2D eigenvalue weighted by Crippen LogP contribution is -2.25. The molecule has 3 rings (SSSR count). The second-order valence-corrected chi connectivity index (χ2v) is 4.92. The van der Waals surface area contributed by atoms with E-state index in [2.05, 4.69) is 15.3 Å². The summed E-state index contributed by atoms with van der Waals surface area (Å²) in [5.41, 5.74) is 7.96. The summed E-state index contributed by atoms with van der Waals surface area (Å²) in [5, 5.41) is 3.77. The first kappa shape index (κ1) is 13.2. The van der Waals surface area contributed by atoms with E-state index in [-0.39, 0.29) is 5.91 Å². The van der Waals surface area contributed by atoms with E-state index < -0.39 is 0 Å². The second-order valence-electron chi connectivity index (χ2n) is 4.92. The Balaban J connectivity index is 1.60. The lowest BCUT2D eigenvalue weighted by Gasteiger charge is -2.05. The lowest BCUT2D eigenvalue weighted by atomic mass is 10.1. The van der Waals surface area contributed by atoms with E-state index >= 15 is 0 Å². The van der Waals surface area contributed by atoms with Gasteiger partial charge in [0, 0.05) is 48.3 Å². The fourth-order valence-electron chi connectivity index (χ4n) is 2.30. The quantitative estimate of drug-likeness (QED) is 0.492. The Labute approximate surface area is 122 Å². The number of nitrogens with zero attached hydrogens (tertiary/aromatic N) is 2. The van der Waals surface area contributed by atoms with Crippen molar-refractivity contribution in [1.29, 1.82) is 0 Å². The number of benzene rings is 1. The number of carbonyl (C=O) groups is 1. The fraction of sp³-hybridized carbons (Fsp3) is 0.200. The maximum atomic E-state index is 12.2. The number of aromatic amines is 1. The first-order valence-corrected chi connectivity index (χ1v) is 6.84. The zero-order valence-electron chi connectivity index (χ0n) is 11.5. The molecule has 2 heterocycles. The Morgan fingerprint density at radius 1 is 1.43 bits per heavy atom. The highest BCUT2D eigenvalue weighted by molar-refractivity contribution is 6.07. The predicted octanol–water partition coefficient (Wildman–Crippen LogP) is 1.77. The molecule has 0 spiro atoms. The van der Waals surface area contributed by atoms with Crippen LogP contribution in [0.15, 0.2) is 43.1 Å². The largest absolute Gasteiger partial charge is 0.399 e. The number of aromatic nitrogens is 3. The van der Waals surface area contributed by atoms with Gasteiger partial charge in [-0.3, -0.25) is 4.79 Å². The van der Waals surface area contributed by atoms with Crippen molar-refractivity contribution in [3.63, 3.8) is 0 Å². The van der Waals surface area contributed by atoms with Gasteiger partial charge in [0.25, 0.3) is 5.91 Å². The number of H-pyrrole nitrogens is 1. The minimum atomic E-state index is -0.0857. The monoisotopic (exact) mass is 283 g/mol. The van der Waals surface area contributed by atoms with Gasteiger partial charge in [0.2, 0.25) is 0 Å². The van der Waals surface area contributed by atoms with Crippen molar-refractivity contribution < 1.29 is 4.79 Å². The summed E-state index contributed by atoms with van der Waals surface area (Å²) in [6.07, 6.45) is 7.99. The summed E-state index contributed by atoms with van der Waals surface area (Å²) in [6, 6.07) is 5.50.